The van der Waals surface area contributed by atoms with E-state index in [1.54, 1.807) is 80.5 Å². The molecule has 4 aromatic carbocycles. The number of benzene rings is 4. The van der Waals surface area contributed by atoms with Crippen LogP contribution in [0.5, 0.6) is 0 Å². The number of likely N-dealkylation sites (tertiary alicyclic amines) is 4. The first-order chi connectivity index (χ1) is 49.6. The van der Waals surface area contributed by atoms with Crippen molar-refractivity contribution in [1.82, 2.24) is 29.9 Å². The van der Waals surface area contributed by atoms with Gasteiger partial charge < -0.3 is 44.2 Å². The van der Waals surface area contributed by atoms with Crippen LogP contribution in [-0.2, 0) is 33.6 Å². The Hall–Kier alpha value is -9.65. The van der Waals surface area contributed by atoms with Crippen LogP contribution in [0.1, 0.15) is 108 Å². The number of aromatic nitrogens is 1. The lowest BCUT2D eigenvalue weighted by molar-refractivity contribution is -0.0490. The van der Waals surface area contributed by atoms with Gasteiger partial charge in [-0.05, 0) is 159 Å². The molecule has 22 nitrogen and oxygen atoms in total. The van der Waals surface area contributed by atoms with Crippen molar-refractivity contribution < 1.29 is 52.7 Å². The molecule has 14 rings (SSSR count). The molecule has 530 valence electrons. The van der Waals surface area contributed by atoms with Gasteiger partial charge in [-0.25, -0.2) is 19.2 Å². The summed E-state index contributed by atoms with van der Waals surface area (Å²) >= 11 is 23.9. The number of carbonyl (C=O) groups excluding carboxylic acids is 4. The fourth-order valence-electron chi connectivity index (χ4n) is 12.3. The molecule has 0 spiro atoms. The Morgan fingerprint density at radius 1 is 0.510 bits per heavy atom. The Morgan fingerprint density at radius 2 is 0.902 bits per heavy atom. The summed E-state index contributed by atoms with van der Waals surface area (Å²) in [4.78, 5) is 82.1. The number of oxime groups is 4. The Kier molecular flexibility index (Phi) is 25.8. The van der Waals surface area contributed by atoms with Gasteiger partial charge in [0.2, 0.25) is 24.9 Å². The minimum absolute atomic E-state index is 0.00401. The monoisotopic (exact) mass is 1460 g/mol. The van der Waals surface area contributed by atoms with E-state index in [9.17, 15) is 19.2 Å². The molecule has 5 fully saturated rings. The lowest BCUT2D eigenvalue weighted by atomic mass is 10.0. The molecule has 102 heavy (non-hydrogen) atoms. The van der Waals surface area contributed by atoms with Crippen LogP contribution >= 0.6 is 46.4 Å². The molecule has 9 aliphatic heterocycles. The van der Waals surface area contributed by atoms with Crippen molar-refractivity contribution in [2.45, 2.75) is 123 Å². The zero-order valence-electron chi connectivity index (χ0n) is 56.7. The van der Waals surface area contributed by atoms with Crippen LogP contribution in [-0.4, -0.2) is 155 Å². The fourth-order valence-corrected chi connectivity index (χ4v) is 13.1. The average molecular weight is 1460 g/mol. The highest BCUT2D eigenvalue weighted by Crippen LogP contribution is 2.36. The Labute approximate surface area is 613 Å². The van der Waals surface area contributed by atoms with E-state index in [1.165, 1.54) is 0 Å². The molecule has 8 atom stereocenters. The number of rotatable bonds is 8. The number of halogens is 4. The van der Waals surface area contributed by atoms with Gasteiger partial charge in [-0.3, -0.25) is 24.6 Å². The lowest BCUT2D eigenvalue weighted by Crippen LogP contribution is -2.47. The molecule has 2 N–H and O–H groups in total. The summed E-state index contributed by atoms with van der Waals surface area (Å²) in [6, 6.07) is 32.8. The van der Waals surface area contributed by atoms with Crippen molar-refractivity contribution >= 4 is 99.2 Å². The maximum absolute atomic E-state index is 12.5. The SMILES string of the molecule is CC(C)CCOC(=O)N1CCC2C(C#Cc3cccc(Cl)c3)=NOC21.CCC(CC)NC(=O)N1CCC2C(C#Cc3cccc(Cl)c3)=NOC21.O=C(Nc1cccnc1)N1CCC2C(C#Cc3cccc(Cl)c3)=NOC21.O=C(OC1CCOCC1)N1CCC2C(C#Cc3cccc(Cl)c3)=NOC21. The van der Waals surface area contributed by atoms with Crippen LogP contribution in [0.2, 0.25) is 20.1 Å². The van der Waals surface area contributed by atoms with Gasteiger partial charge in [0.25, 0.3) is 0 Å². The number of urea groups is 2. The topological polar surface area (TPSA) is 232 Å². The lowest BCUT2D eigenvalue weighted by Gasteiger charge is -2.27. The number of ether oxygens (including phenoxy) is 3. The van der Waals surface area contributed by atoms with E-state index in [2.05, 4.69) is 111 Å². The zero-order valence-corrected chi connectivity index (χ0v) is 59.8. The van der Waals surface area contributed by atoms with Gasteiger partial charge in [-0.2, -0.15) is 0 Å². The van der Waals surface area contributed by atoms with Crippen LogP contribution in [0.4, 0.5) is 24.9 Å². The molecular formula is C76H77Cl4N11O11. The van der Waals surface area contributed by atoms with Crippen LogP contribution in [0.3, 0.4) is 0 Å². The van der Waals surface area contributed by atoms with Crippen LogP contribution in [0, 0.1) is 77.0 Å². The van der Waals surface area contributed by atoms with Crippen LogP contribution in [0.15, 0.2) is 142 Å². The number of carbonyl (C=O) groups is 4. The molecule has 1 aromatic heterocycles. The molecule has 5 saturated heterocycles. The quantitative estimate of drug-likeness (QED) is 0.138. The largest absolute Gasteiger partial charge is 0.449 e. The van der Waals surface area contributed by atoms with Crippen molar-refractivity contribution in [2.75, 3.05) is 51.3 Å². The number of pyridine rings is 1. The second-order valence-corrected chi connectivity index (χ2v) is 27.2. The highest BCUT2D eigenvalue weighted by Gasteiger charge is 2.49. The predicted octanol–water partition coefficient (Wildman–Crippen LogP) is 13.9. The van der Waals surface area contributed by atoms with Gasteiger partial charge in [0.05, 0.1) is 55.4 Å². The van der Waals surface area contributed by atoms with Gasteiger partial charge in [0.15, 0.2) is 0 Å². The van der Waals surface area contributed by atoms with E-state index < -0.39 is 18.7 Å². The molecule has 0 bridgehead atoms. The molecule has 0 saturated carbocycles. The zero-order chi connectivity index (χ0) is 71.5. The summed E-state index contributed by atoms with van der Waals surface area (Å²) in [6.07, 6.45) is 8.13. The fraction of sp³-hybridized carbons (Fsp3) is 0.408. The Bertz CT molecular complexity index is 4240. The van der Waals surface area contributed by atoms with Crippen molar-refractivity contribution in [3.63, 3.8) is 0 Å². The number of fused-ring (bicyclic) bond motifs is 4. The number of amides is 6. The van der Waals surface area contributed by atoms with E-state index >= 15 is 0 Å². The Morgan fingerprint density at radius 3 is 1.28 bits per heavy atom. The molecule has 6 amide bonds. The maximum atomic E-state index is 12.5. The number of nitrogens with one attached hydrogen (secondary N) is 2. The number of nitrogens with zero attached hydrogens (tertiary/aromatic N) is 9. The molecule has 0 radical (unpaired) electrons. The third-order valence-electron chi connectivity index (χ3n) is 18.0. The third-order valence-corrected chi connectivity index (χ3v) is 18.9. The molecular weight excluding hydrogens is 1380 g/mol. The van der Waals surface area contributed by atoms with Crippen molar-refractivity contribution in [1.29, 1.82) is 0 Å². The third kappa shape index (κ3) is 19.5. The standard InChI is InChI=1S/C19H15ClN4O2.C19H22ClN3O2.C19H19ClN2O4.C19H21ClN2O3/c20-14-4-1-3-13(11-14)6-7-17-16-8-10-24(18(16)26-23-17)19(25)22-15-5-2-9-21-12-15;1-3-15(4-2)21-19(24)23-11-10-16-17(22-25-18(16)23)9-8-13-6-5-7-14(20)12-13;20-14-3-1-2-13(12-14)4-5-17-16-6-9-22(18(16)26-21-17)19(23)25-15-7-10-24-11-8-15;1-13(2)9-11-24-19(23)22-10-8-16-17(21-25-18(16)22)7-6-14-4-3-5-15(20)12-14/h1-5,9,11-12,16,18H,8,10H2,(H,22,25);5-7,12,15-16,18H,3-4,10-11H2,1-2H3,(H,21,24);1-3,12,15-16,18H,6-11H2;3-5,12-13,16,18H,8-11H2,1-2H3. The highest BCUT2D eigenvalue weighted by atomic mass is 35.5. The smallest absolute Gasteiger partial charge is 0.413 e. The minimum Gasteiger partial charge on any atom is -0.449 e. The molecule has 0 aliphatic carbocycles. The first kappa shape index (κ1) is 73.6. The van der Waals surface area contributed by atoms with Gasteiger partial charge in [-0.15, -0.1) is 0 Å². The van der Waals surface area contributed by atoms with Crippen LogP contribution < -0.4 is 10.6 Å². The second-order valence-electron chi connectivity index (χ2n) is 25.4. The van der Waals surface area contributed by atoms with E-state index in [-0.39, 0.29) is 66.3 Å². The highest BCUT2D eigenvalue weighted by molar-refractivity contribution is 6.31. The molecule has 9 aliphatic rings. The van der Waals surface area contributed by atoms with E-state index in [4.69, 9.17) is 80.0 Å². The molecule has 5 aromatic rings. The first-order valence-electron chi connectivity index (χ1n) is 34.2. The Balaban J connectivity index is 0.000000137. The van der Waals surface area contributed by atoms with Gasteiger partial charge in [0.1, 0.15) is 29.0 Å². The number of hydrogen-bond donors (Lipinski definition) is 2. The normalized spacial score (nSPS) is 22.0. The predicted molar refractivity (Wildman–Crippen MR) is 389 cm³/mol. The first-order valence-corrected chi connectivity index (χ1v) is 35.7. The summed E-state index contributed by atoms with van der Waals surface area (Å²) in [5.41, 5.74) is 6.61. The van der Waals surface area contributed by atoms with E-state index in [0.29, 0.717) is 101 Å². The van der Waals surface area contributed by atoms with E-state index in [1.807, 2.05) is 60.7 Å². The molecule has 8 unspecified atom stereocenters. The summed E-state index contributed by atoms with van der Waals surface area (Å²) in [5.74, 6) is 25.0. The summed E-state index contributed by atoms with van der Waals surface area (Å²) in [5, 5.41) is 24.8. The summed E-state index contributed by atoms with van der Waals surface area (Å²) in [6.45, 7) is 12.4. The van der Waals surface area contributed by atoms with E-state index in [0.717, 1.165) is 80.0 Å². The molecule has 10 heterocycles. The second kappa shape index (κ2) is 35.8. The van der Waals surface area contributed by atoms with Crippen molar-refractivity contribution in [2.24, 2.45) is 50.2 Å². The van der Waals surface area contributed by atoms with Gasteiger partial charge in [0, 0.05) is 93.6 Å². The number of anilines is 1. The summed E-state index contributed by atoms with van der Waals surface area (Å²) in [7, 11) is 0. The summed E-state index contributed by atoms with van der Waals surface area (Å²) < 4.78 is 16.2. The minimum atomic E-state index is -0.425. The molecule has 26 heteroatoms. The van der Waals surface area contributed by atoms with Gasteiger partial charge >= 0.3 is 24.2 Å². The van der Waals surface area contributed by atoms with Crippen molar-refractivity contribution in [3.8, 4) is 47.4 Å². The van der Waals surface area contributed by atoms with Crippen LogP contribution in [0.25, 0.3) is 0 Å². The number of hydrogen-bond acceptors (Lipinski definition) is 16. The average Bonchev–Trinajstić information content (AvgIpc) is 1.66. The van der Waals surface area contributed by atoms with Gasteiger partial charge in [-0.1, -0.05) is 143 Å². The van der Waals surface area contributed by atoms with Crippen molar-refractivity contribution in [3.05, 3.63) is 164 Å². The maximum Gasteiger partial charge on any atom is 0.413 e.